The number of nitrogens with one attached hydrogen (secondary N) is 2. The number of benzene rings is 1. The van der Waals surface area contributed by atoms with Gasteiger partial charge in [0, 0.05) is 12.2 Å². The lowest BCUT2D eigenvalue weighted by molar-refractivity contribution is -0.136. The van der Waals surface area contributed by atoms with Gasteiger partial charge in [0.1, 0.15) is 0 Å². The van der Waals surface area contributed by atoms with E-state index >= 15 is 0 Å². The second kappa shape index (κ2) is 8.36. The van der Waals surface area contributed by atoms with Gasteiger partial charge in [-0.3, -0.25) is 4.90 Å². The number of hydrogen-bond acceptors (Lipinski definition) is 4. The molecule has 140 valence electrons. The van der Waals surface area contributed by atoms with E-state index in [2.05, 4.69) is 15.5 Å². The minimum Gasteiger partial charge on any atom is -0.466 e. The van der Waals surface area contributed by atoms with Crippen LogP contribution in [0.4, 0.5) is 4.79 Å². The van der Waals surface area contributed by atoms with E-state index in [-0.39, 0.29) is 6.03 Å². The van der Waals surface area contributed by atoms with Crippen molar-refractivity contribution in [3.8, 4) is 0 Å². The third kappa shape index (κ3) is 4.25. The highest BCUT2D eigenvalue weighted by atomic mass is 16.5. The summed E-state index contributed by atoms with van der Waals surface area (Å²) in [6.07, 6.45) is 4.77. The Bertz CT molecular complexity index is 689. The smallest absolute Gasteiger partial charge is 0.338 e. The fourth-order valence-corrected chi connectivity index (χ4v) is 3.62. The highest BCUT2D eigenvalue weighted by Gasteiger charge is 2.34. The summed E-state index contributed by atoms with van der Waals surface area (Å²) in [6, 6.07) is 7.06. The molecular weight excluding hydrogens is 330 g/mol. The van der Waals surface area contributed by atoms with Crippen LogP contribution in [0, 0.1) is 6.92 Å². The van der Waals surface area contributed by atoms with E-state index in [0.717, 1.165) is 37.1 Å². The molecule has 2 aliphatic heterocycles. The Labute approximate surface area is 154 Å². The summed E-state index contributed by atoms with van der Waals surface area (Å²) in [6.45, 7) is 4.53. The maximum absolute atomic E-state index is 12.6. The lowest BCUT2D eigenvalue weighted by atomic mass is 9.94. The molecule has 1 fully saturated rings. The molecule has 26 heavy (non-hydrogen) atoms. The van der Waals surface area contributed by atoms with Crippen LogP contribution in [0.5, 0.6) is 0 Å². The molecule has 1 atom stereocenters. The van der Waals surface area contributed by atoms with Gasteiger partial charge in [-0.2, -0.15) is 0 Å². The van der Waals surface area contributed by atoms with Gasteiger partial charge in [0.15, 0.2) is 0 Å². The molecule has 0 saturated carbocycles. The van der Waals surface area contributed by atoms with Gasteiger partial charge >= 0.3 is 12.0 Å². The third-order valence-corrected chi connectivity index (χ3v) is 5.05. The monoisotopic (exact) mass is 357 g/mol. The van der Waals surface area contributed by atoms with Gasteiger partial charge in [-0.1, -0.05) is 42.7 Å². The van der Waals surface area contributed by atoms with Crippen molar-refractivity contribution in [2.24, 2.45) is 0 Å². The van der Waals surface area contributed by atoms with Crippen LogP contribution in [0.3, 0.4) is 0 Å². The second-order valence-corrected chi connectivity index (χ2v) is 7.02. The van der Waals surface area contributed by atoms with Crippen molar-refractivity contribution < 1.29 is 14.3 Å². The minimum absolute atomic E-state index is 0.284. The van der Waals surface area contributed by atoms with E-state index in [4.69, 9.17) is 4.74 Å². The first-order chi connectivity index (χ1) is 12.6. The van der Waals surface area contributed by atoms with Gasteiger partial charge in [0.2, 0.25) is 0 Å². The van der Waals surface area contributed by atoms with E-state index in [9.17, 15) is 9.59 Å². The first-order valence-electron chi connectivity index (χ1n) is 9.26. The van der Waals surface area contributed by atoms with E-state index in [1.807, 2.05) is 31.2 Å². The number of amides is 2. The molecule has 2 amide bonds. The van der Waals surface area contributed by atoms with Gasteiger partial charge < -0.3 is 15.4 Å². The van der Waals surface area contributed by atoms with Crippen molar-refractivity contribution in [1.82, 2.24) is 15.5 Å². The van der Waals surface area contributed by atoms with Crippen molar-refractivity contribution in [3.63, 3.8) is 0 Å². The Balaban J connectivity index is 1.95. The summed E-state index contributed by atoms with van der Waals surface area (Å²) in [5.41, 5.74) is 3.13. The number of esters is 1. The van der Waals surface area contributed by atoms with E-state index in [1.165, 1.54) is 20.0 Å². The zero-order valence-corrected chi connectivity index (χ0v) is 15.5. The van der Waals surface area contributed by atoms with Crippen LogP contribution in [0.15, 0.2) is 35.5 Å². The molecule has 0 unspecified atom stereocenters. The predicted octanol–water partition coefficient (Wildman–Crippen LogP) is 2.65. The molecule has 3 rings (SSSR count). The molecule has 2 N–H and O–H groups in total. The molecule has 0 bridgehead atoms. The fraction of sp³-hybridized carbons (Fsp3) is 0.500. The molecular formula is C20H27N3O3. The summed E-state index contributed by atoms with van der Waals surface area (Å²) < 4.78 is 5.04. The first-order valence-corrected chi connectivity index (χ1v) is 9.26. The number of rotatable bonds is 4. The van der Waals surface area contributed by atoms with Crippen LogP contribution in [0.25, 0.3) is 0 Å². The van der Waals surface area contributed by atoms with Crippen LogP contribution in [-0.2, 0) is 9.53 Å². The summed E-state index contributed by atoms with van der Waals surface area (Å²) in [4.78, 5) is 27.1. The molecule has 2 aliphatic rings. The molecule has 0 spiro atoms. The lowest BCUT2D eigenvalue weighted by Gasteiger charge is -2.31. The van der Waals surface area contributed by atoms with Crippen LogP contribution < -0.4 is 10.6 Å². The van der Waals surface area contributed by atoms with Crippen molar-refractivity contribution in [2.45, 2.75) is 38.6 Å². The van der Waals surface area contributed by atoms with Gasteiger partial charge in [0.25, 0.3) is 0 Å². The zero-order chi connectivity index (χ0) is 18.5. The highest BCUT2D eigenvalue weighted by molar-refractivity contribution is 5.95. The molecule has 1 aromatic rings. The maximum atomic E-state index is 12.6. The molecule has 1 saturated heterocycles. The molecule has 0 aliphatic carbocycles. The summed E-state index contributed by atoms with van der Waals surface area (Å²) in [5.74, 6) is -0.409. The Hall–Kier alpha value is -2.34. The average Bonchev–Trinajstić information content (AvgIpc) is 2.90. The highest BCUT2D eigenvalue weighted by Crippen LogP contribution is 2.28. The number of urea groups is 1. The van der Waals surface area contributed by atoms with Crippen molar-refractivity contribution in [1.29, 1.82) is 0 Å². The minimum atomic E-state index is -0.501. The van der Waals surface area contributed by atoms with Crippen LogP contribution in [0.2, 0.25) is 0 Å². The van der Waals surface area contributed by atoms with Crippen LogP contribution in [-0.4, -0.2) is 43.6 Å². The third-order valence-electron chi connectivity index (χ3n) is 5.05. The number of carbonyl (C=O) groups excluding carboxylic acids is 2. The van der Waals surface area contributed by atoms with Crippen LogP contribution >= 0.6 is 0 Å². The quantitative estimate of drug-likeness (QED) is 0.813. The zero-order valence-electron chi connectivity index (χ0n) is 15.5. The molecule has 6 nitrogen and oxygen atoms in total. The summed E-state index contributed by atoms with van der Waals surface area (Å²) in [5, 5.41) is 5.72. The summed E-state index contributed by atoms with van der Waals surface area (Å²) in [7, 11) is 1.38. The van der Waals surface area contributed by atoms with Crippen molar-refractivity contribution >= 4 is 12.0 Å². The lowest BCUT2D eigenvalue weighted by Crippen LogP contribution is -2.48. The summed E-state index contributed by atoms with van der Waals surface area (Å²) >= 11 is 0. The van der Waals surface area contributed by atoms with Gasteiger partial charge in [-0.25, -0.2) is 9.59 Å². The number of hydrogen-bond donors (Lipinski definition) is 2. The first kappa shape index (κ1) is 18.5. The number of likely N-dealkylation sites (tertiary alicyclic amines) is 1. The number of methoxy groups -OCH3 is 1. The molecule has 0 radical (unpaired) electrons. The maximum Gasteiger partial charge on any atom is 0.338 e. The topological polar surface area (TPSA) is 70.7 Å². The number of ether oxygens (including phenoxy) is 1. The normalized spacial score (nSPS) is 21.6. The van der Waals surface area contributed by atoms with Gasteiger partial charge in [-0.15, -0.1) is 0 Å². The SMILES string of the molecule is COC(=O)C1=C(CN2CCCCCC2)NC(=O)N[C@@H]1c1ccc(C)cc1. The predicted molar refractivity (Wildman–Crippen MR) is 99.5 cm³/mol. The van der Waals surface area contributed by atoms with Gasteiger partial charge in [-0.05, 0) is 38.4 Å². The van der Waals surface area contributed by atoms with E-state index < -0.39 is 12.0 Å². The number of nitrogens with zero attached hydrogens (tertiary/aromatic N) is 1. The Morgan fingerprint density at radius 1 is 1.15 bits per heavy atom. The van der Waals surface area contributed by atoms with Crippen LogP contribution in [0.1, 0.15) is 42.9 Å². The van der Waals surface area contributed by atoms with Crippen molar-refractivity contribution in [2.75, 3.05) is 26.7 Å². The second-order valence-electron chi connectivity index (χ2n) is 7.02. The largest absolute Gasteiger partial charge is 0.466 e. The fourth-order valence-electron chi connectivity index (χ4n) is 3.62. The van der Waals surface area contributed by atoms with Gasteiger partial charge in [0.05, 0.1) is 18.7 Å². The Morgan fingerprint density at radius 3 is 2.42 bits per heavy atom. The van der Waals surface area contributed by atoms with Crippen molar-refractivity contribution in [3.05, 3.63) is 46.7 Å². The molecule has 0 aromatic heterocycles. The number of carbonyl (C=O) groups is 2. The van der Waals surface area contributed by atoms with E-state index in [1.54, 1.807) is 0 Å². The Kier molecular flexibility index (Phi) is 5.93. The standard InChI is InChI=1S/C20H27N3O3/c1-14-7-9-15(10-8-14)18-17(19(24)26-2)16(21-20(25)22-18)13-23-11-5-3-4-6-12-23/h7-10,18H,3-6,11-13H2,1-2H3,(H2,21,22,25)/t18-/m1/s1. The van der Waals surface area contributed by atoms with E-state index in [0.29, 0.717) is 17.8 Å². The number of aryl methyl sites for hydroxylation is 1. The molecule has 2 heterocycles. The average molecular weight is 357 g/mol. The molecule has 6 heteroatoms. The Morgan fingerprint density at radius 2 is 1.81 bits per heavy atom. The molecule has 1 aromatic carbocycles.